The number of likely N-dealkylation sites (N-methyl/N-ethyl adjacent to an activating group) is 1. The fourth-order valence-corrected chi connectivity index (χ4v) is 2.32. The van der Waals surface area contributed by atoms with E-state index < -0.39 is 0 Å². The molecule has 1 rings (SSSR count). The fourth-order valence-electron chi connectivity index (χ4n) is 2.32. The van der Waals surface area contributed by atoms with Crippen molar-refractivity contribution in [3.8, 4) is 0 Å². The zero-order valence-corrected chi connectivity index (χ0v) is 13.3. The Balaban J connectivity index is 2.71. The van der Waals surface area contributed by atoms with E-state index in [4.69, 9.17) is 5.73 Å². The number of hydrogen-bond donors (Lipinski definition) is 2. The van der Waals surface area contributed by atoms with E-state index in [1.807, 2.05) is 31.5 Å². The number of hydrogen-bond acceptors (Lipinski definition) is 3. The normalized spacial score (nSPS) is 12.9. The highest BCUT2D eigenvalue weighted by atomic mass is 16.2. The predicted octanol–water partition coefficient (Wildman–Crippen LogP) is 2.11. The van der Waals surface area contributed by atoms with Gasteiger partial charge in [0.25, 0.3) is 5.91 Å². The first-order chi connectivity index (χ1) is 9.38. The molecule has 1 atom stereocenters. The van der Waals surface area contributed by atoms with Crippen LogP contribution in [0.3, 0.4) is 0 Å². The topological polar surface area (TPSA) is 63.3 Å². The molecule has 1 aromatic heterocycles. The number of nitrogen functional groups attached to an aromatic ring is 1. The zero-order valence-electron chi connectivity index (χ0n) is 13.3. The third kappa shape index (κ3) is 4.27. The van der Waals surface area contributed by atoms with Crippen molar-refractivity contribution >= 4 is 11.6 Å². The second-order valence-electron chi connectivity index (χ2n) is 5.52. The Morgan fingerprint density at radius 3 is 2.45 bits per heavy atom. The van der Waals surface area contributed by atoms with Crippen LogP contribution in [0.2, 0.25) is 0 Å². The van der Waals surface area contributed by atoms with Crippen molar-refractivity contribution in [2.45, 2.75) is 46.7 Å². The summed E-state index contributed by atoms with van der Waals surface area (Å²) >= 11 is 0. The van der Waals surface area contributed by atoms with Crippen molar-refractivity contribution in [3.05, 3.63) is 18.0 Å². The minimum absolute atomic E-state index is 0.0601. The fraction of sp³-hybridized carbons (Fsp3) is 0.667. The number of amides is 1. The van der Waals surface area contributed by atoms with Crippen LogP contribution in [-0.2, 0) is 0 Å². The van der Waals surface area contributed by atoms with Gasteiger partial charge in [-0.2, -0.15) is 0 Å². The summed E-state index contributed by atoms with van der Waals surface area (Å²) < 4.78 is 1.91. The first-order valence-electron chi connectivity index (χ1n) is 7.39. The maximum absolute atomic E-state index is 12.3. The summed E-state index contributed by atoms with van der Waals surface area (Å²) in [6.45, 7) is 13.2. The number of anilines is 1. The number of aromatic nitrogens is 1. The lowest BCUT2D eigenvalue weighted by molar-refractivity contribution is 0.0919. The van der Waals surface area contributed by atoms with E-state index in [-0.39, 0.29) is 18.0 Å². The molecule has 0 saturated carbocycles. The number of carbonyl (C=O) groups excluding carboxylic acids is 1. The van der Waals surface area contributed by atoms with Gasteiger partial charge in [-0.1, -0.05) is 13.8 Å². The third-order valence-electron chi connectivity index (χ3n) is 3.46. The van der Waals surface area contributed by atoms with Gasteiger partial charge in [-0.15, -0.1) is 0 Å². The number of rotatable bonds is 7. The van der Waals surface area contributed by atoms with Crippen LogP contribution < -0.4 is 11.1 Å². The van der Waals surface area contributed by atoms with E-state index in [0.29, 0.717) is 11.4 Å². The Morgan fingerprint density at radius 1 is 1.35 bits per heavy atom. The van der Waals surface area contributed by atoms with E-state index in [2.05, 4.69) is 24.1 Å². The molecule has 20 heavy (non-hydrogen) atoms. The Morgan fingerprint density at radius 2 is 1.95 bits per heavy atom. The molecule has 1 amide bonds. The van der Waals surface area contributed by atoms with Crippen LogP contribution >= 0.6 is 0 Å². The van der Waals surface area contributed by atoms with Crippen molar-refractivity contribution in [1.29, 1.82) is 0 Å². The van der Waals surface area contributed by atoms with Crippen molar-refractivity contribution in [2.24, 2.45) is 0 Å². The molecule has 5 heteroatoms. The van der Waals surface area contributed by atoms with Crippen LogP contribution in [0.4, 0.5) is 5.69 Å². The van der Waals surface area contributed by atoms with Gasteiger partial charge in [0.15, 0.2) is 0 Å². The van der Waals surface area contributed by atoms with E-state index in [1.165, 1.54) is 0 Å². The van der Waals surface area contributed by atoms with E-state index >= 15 is 0 Å². The zero-order chi connectivity index (χ0) is 15.3. The summed E-state index contributed by atoms with van der Waals surface area (Å²) in [5, 5.41) is 3.05. The van der Waals surface area contributed by atoms with Crippen molar-refractivity contribution in [3.63, 3.8) is 0 Å². The molecule has 3 N–H and O–H groups in total. The number of carbonyl (C=O) groups is 1. The lowest BCUT2D eigenvalue weighted by atomic mass is 10.2. The molecule has 0 aromatic carbocycles. The van der Waals surface area contributed by atoms with Crippen molar-refractivity contribution in [1.82, 2.24) is 14.8 Å². The highest BCUT2D eigenvalue weighted by Crippen LogP contribution is 2.16. The first-order valence-corrected chi connectivity index (χ1v) is 7.39. The molecule has 0 aliphatic heterocycles. The Hall–Kier alpha value is -1.49. The lowest BCUT2D eigenvalue weighted by Crippen LogP contribution is -2.42. The van der Waals surface area contributed by atoms with E-state index in [0.717, 1.165) is 19.6 Å². The van der Waals surface area contributed by atoms with Crippen LogP contribution in [-0.4, -0.2) is 41.1 Å². The van der Waals surface area contributed by atoms with Crippen LogP contribution in [0.15, 0.2) is 12.3 Å². The number of nitrogens with two attached hydrogens (primary N) is 1. The molecule has 1 unspecified atom stereocenters. The summed E-state index contributed by atoms with van der Waals surface area (Å²) in [5.41, 5.74) is 7.05. The molecule has 0 spiro atoms. The highest BCUT2D eigenvalue weighted by Gasteiger charge is 2.17. The number of nitrogens with one attached hydrogen (secondary N) is 1. The van der Waals surface area contributed by atoms with Gasteiger partial charge < -0.3 is 20.5 Å². The van der Waals surface area contributed by atoms with Gasteiger partial charge in [0.05, 0.1) is 5.69 Å². The molecular formula is C15H28N4O. The maximum Gasteiger partial charge on any atom is 0.268 e. The van der Waals surface area contributed by atoms with Gasteiger partial charge in [0.1, 0.15) is 5.69 Å². The molecule has 1 heterocycles. The Kier molecular flexibility index (Phi) is 6.07. The van der Waals surface area contributed by atoms with Gasteiger partial charge in [0, 0.05) is 24.8 Å². The maximum atomic E-state index is 12.3. The minimum Gasteiger partial charge on any atom is -0.397 e. The van der Waals surface area contributed by atoms with Crippen LogP contribution in [0, 0.1) is 0 Å². The molecule has 0 aliphatic rings. The molecule has 0 saturated heterocycles. The van der Waals surface area contributed by atoms with Crippen LogP contribution in [0.25, 0.3) is 0 Å². The smallest absolute Gasteiger partial charge is 0.268 e. The molecular weight excluding hydrogens is 252 g/mol. The van der Waals surface area contributed by atoms with Gasteiger partial charge in [-0.3, -0.25) is 4.79 Å². The highest BCUT2D eigenvalue weighted by molar-refractivity contribution is 5.94. The SMILES string of the molecule is CCN(CC)CC(C)NC(=O)c1cc(N)cn1C(C)C. The predicted molar refractivity (Wildman–Crippen MR) is 83.9 cm³/mol. The van der Waals surface area contributed by atoms with Crippen LogP contribution in [0.1, 0.15) is 51.1 Å². The third-order valence-corrected chi connectivity index (χ3v) is 3.46. The second-order valence-corrected chi connectivity index (χ2v) is 5.52. The molecule has 0 bridgehead atoms. The summed E-state index contributed by atoms with van der Waals surface area (Å²) in [6, 6.07) is 2.06. The molecule has 5 nitrogen and oxygen atoms in total. The Labute approximate surface area is 122 Å². The summed E-state index contributed by atoms with van der Waals surface area (Å²) in [4.78, 5) is 14.6. The van der Waals surface area contributed by atoms with Gasteiger partial charge in [-0.25, -0.2) is 0 Å². The average molecular weight is 280 g/mol. The molecule has 114 valence electrons. The standard InChI is InChI=1S/C15H28N4O/c1-6-18(7-2)9-12(5)17-15(20)14-8-13(16)10-19(14)11(3)4/h8,10-12H,6-7,9,16H2,1-5H3,(H,17,20). The van der Waals surface area contributed by atoms with E-state index in [1.54, 1.807) is 6.07 Å². The molecule has 0 aliphatic carbocycles. The molecule has 0 fully saturated rings. The van der Waals surface area contributed by atoms with E-state index in [9.17, 15) is 4.79 Å². The molecule has 0 radical (unpaired) electrons. The molecule has 1 aromatic rings. The quantitative estimate of drug-likeness (QED) is 0.804. The minimum atomic E-state index is -0.0601. The first kappa shape index (κ1) is 16.6. The van der Waals surface area contributed by atoms with Gasteiger partial charge >= 0.3 is 0 Å². The number of nitrogens with zero attached hydrogens (tertiary/aromatic N) is 2. The van der Waals surface area contributed by atoms with Gasteiger partial charge in [0.2, 0.25) is 0 Å². The summed E-state index contributed by atoms with van der Waals surface area (Å²) in [7, 11) is 0. The summed E-state index contributed by atoms with van der Waals surface area (Å²) in [5.74, 6) is -0.0601. The Bertz CT molecular complexity index is 435. The van der Waals surface area contributed by atoms with Crippen molar-refractivity contribution < 1.29 is 4.79 Å². The van der Waals surface area contributed by atoms with Crippen LogP contribution in [0.5, 0.6) is 0 Å². The summed E-state index contributed by atoms with van der Waals surface area (Å²) in [6.07, 6.45) is 1.81. The largest absolute Gasteiger partial charge is 0.397 e. The van der Waals surface area contributed by atoms with Gasteiger partial charge in [-0.05, 0) is 39.9 Å². The van der Waals surface area contributed by atoms with Crippen molar-refractivity contribution in [2.75, 3.05) is 25.4 Å². The lowest BCUT2D eigenvalue weighted by Gasteiger charge is -2.23. The monoisotopic (exact) mass is 280 g/mol. The average Bonchev–Trinajstić information content (AvgIpc) is 2.78. The second kappa shape index (κ2) is 7.33.